The van der Waals surface area contributed by atoms with Gasteiger partial charge < -0.3 is 5.32 Å². The second kappa shape index (κ2) is 6.27. The maximum atomic E-state index is 13.1. The molecule has 0 radical (unpaired) electrons. The van der Waals surface area contributed by atoms with Crippen LogP contribution in [0.3, 0.4) is 0 Å². The SMILES string of the molecule is CC(C)(Cc1ccccc1)C(=O)Nc1ccc(F)c(Cl)c1. The van der Waals surface area contributed by atoms with E-state index in [0.717, 1.165) is 5.56 Å². The summed E-state index contributed by atoms with van der Waals surface area (Å²) in [4.78, 5) is 12.4. The van der Waals surface area contributed by atoms with Gasteiger partial charge in [0.1, 0.15) is 5.82 Å². The van der Waals surface area contributed by atoms with Gasteiger partial charge in [-0.25, -0.2) is 4.39 Å². The highest BCUT2D eigenvalue weighted by Crippen LogP contribution is 2.25. The van der Waals surface area contributed by atoms with Crippen molar-refractivity contribution in [2.24, 2.45) is 5.41 Å². The molecule has 1 N–H and O–H groups in total. The van der Waals surface area contributed by atoms with Gasteiger partial charge in [0.2, 0.25) is 5.91 Å². The van der Waals surface area contributed by atoms with E-state index in [1.807, 2.05) is 44.2 Å². The van der Waals surface area contributed by atoms with E-state index in [0.29, 0.717) is 12.1 Å². The van der Waals surface area contributed by atoms with Crippen molar-refractivity contribution in [2.75, 3.05) is 5.32 Å². The third kappa shape index (κ3) is 4.05. The Morgan fingerprint density at radius 2 is 1.86 bits per heavy atom. The Labute approximate surface area is 128 Å². The molecule has 110 valence electrons. The molecule has 0 fully saturated rings. The monoisotopic (exact) mass is 305 g/mol. The Kier molecular flexibility index (Phi) is 4.63. The molecule has 21 heavy (non-hydrogen) atoms. The summed E-state index contributed by atoms with van der Waals surface area (Å²) in [7, 11) is 0. The maximum absolute atomic E-state index is 13.1. The van der Waals surface area contributed by atoms with Gasteiger partial charge in [-0.15, -0.1) is 0 Å². The van der Waals surface area contributed by atoms with Gasteiger partial charge >= 0.3 is 0 Å². The number of amides is 1. The molecular formula is C17H17ClFNO. The third-order valence-electron chi connectivity index (χ3n) is 3.28. The third-order valence-corrected chi connectivity index (χ3v) is 3.57. The molecule has 0 aliphatic rings. The summed E-state index contributed by atoms with van der Waals surface area (Å²) < 4.78 is 13.1. The summed E-state index contributed by atoms with van der Waals surface area (Å²) in [5, 5.41) is 2.77. The second-order valence-corrected chi connectivity index (χ2v) is 6.04. The van der Waals surface area contributed by atoms with Gasteiger partial charge in [0.15, 0.2) is 0 Å². The van der Waals surface area contributed by atoms with Gasteiger partial charge in [0, 0.05) is 11.1 Å². The quantitative estimate of drug-likeness (QED) is 0.872. The predicted octanol–water partition coefficient (Wildman–Crippen LogP) is 4.69. The number of anilines is 1. The number of benzene rings is 2. The summed E-state index contributed by atoms with van der Waals surface area (Å²) in [5.74, 6) is -0.632. The molecule has 0 aliphatic heterocycles. The number of rotatable bonds is 4. The van der Waals surface area contributed by atoms with Crippen LogP contribution in [0.4, 0.5) is 10.1 Å². The standard InChI is InChI=1S/C17H17ClFNO/c1-17(2,11-12-6-4-3-5-7-12)16(21)20-13-8-9-15(19)14(18)10-13/h3-10H,11H2,1-2H3,(H,20,21). The molecule has 0 aliphatic carbocycles. The Hall–Kier alpha value is -1.87. The van der Waals surface area contributed by atoms with E-state index in [4.69, 9.17) is 11.6 Å². The van der Waals surface area contributed by atoms with Crippen molar-refractivity contribution < 1.29 is 9.18 Å². The van der Waals surface area contributed by atoms with E-state index in [2.05, 4.69) is 5.32 Å². The highest BCUT2D eigenvalue weighted by Gasteiger charge is 2.28. The van der Waals surface area contributed by atoms with Gasteiger partial charge in [0.05, 0.1) is 5.02 Å². The summed E-state index contributed by atoms with van der Waals surface area (Å²) >= 11 is 5.72. The predicted molar refractivity (Wildman–Crippen MR) is 84.0 cm³/mol. The molecule has 0 saturated heterocycles. The van der Waals surface area contributed by atoms with Crippen molar-refractivity contribution in [2.45, 2.75) is 20.3 Å². The van der Waals surface area contributed by atoms with Gasteiger partial charge in [-0.3, -0.25) is 4.79 Å². The van der Waals surface area contributed by atoms with Crippen molar-refractivity contribution >= 4 is 23.2 Å². The smallest absolute Gasteiger partial charge is 0.230 e. The molecule has 0 saturated carbocycles. The molecule has 2 aromatic carbocycles. The minimum Gasteiger partial charge on any atom is -0.326 e. The lowest BCUT2D eigenvalue weighted by Gasteiger charge is -2.23. The van der Waals surface area contributed by atoms with Crippen LogP contribution < -0.4 is 5.32 Å². The van der Waals surface area contributed by atoms with Crippen molar-refractivity contribution in [1.29, 1.82) is 0 Å². The fourth-order valence-corrected chi connectivity index (χ4v) is 2.24. The average molecular weight is 306 g/mol. The van der Waals surface area contributed by atoms with Crippen LogP contribution in [0.5, 0.6) is 0 Å². The fraction of sp³-hybridized carbons (Fsp3) is 0.235. The minimum absolute atomic E-state index is 0.00587. The van der Waals surface area contributed by atoms with Crippen LogP contribution in [-0.4, -0.2) is 5.91 Å². The maximum Gasteiger partial charge on any atom is 0.230 e. The first-order chi connectivity index (χ1) is 9.88. The lowest BCUT2D eigenvalue weighted by molar-refractivity contribution is -0.123. The molecule has 4 heteroatoms. The van der Waals surface area contributed by atoms with E-state index < -0.39 is 11.2 Å². The zero-order valence-corrected chi connectivity index (χ0v) is 12.7. The largest absolute Gasteiger partial charge is 0.326 e. The number of carbonyl (C=O) groups is 1. The molecule has 0 unspecified atom stereocenters. The van der Waals surface area contributed by atoms with E-state index in [9.17, 15) is 9.18 Å². The highest BCUT2D eigenvalue weighted by molar-refractivity contribution is 6.31. The van der Waals surface area contributed by atoms with Gasteiger partial charge in [-0.05, 0) is 30.2 Å². The average Bonchev–Trinajstić information content (AvgIpc) is 2.43. The minimum atomic E-state index is -0.581. The molecule has 1 amide bonds. The molecule has 0 atom stereocenters. The fourth-order valence-electron chi connectivity index (χ4n) is 2.06. The first-order valence-corrected chi connectivity index (χ1v) is 7.07. The first kappa shape index (κ1) is 15.5. The molecule has 0 heterocycles. The summed E-state index contributed by atoms with van der Waals surface area (Å²) in [6.07, 6.45) is 0.620. The summed E-state index contributed by atoms with van der Waals surface area (Å²) in [6, 6.07) is 14.0. The van der Waals surface area contributed by atoms with Gasteiger partial charge in [0.25, 0.3) is 0 Å². The lowest BCUT2D eigenvalue weighted by Crippen LogP contribution is -2.32. The van der Waals surface area contributed by atoms with Crippen molar-refractivity contribution in [3.63, 3.8) is 0 Å². The van der Waals surface area contributed by atoms with E-state index in [-0.39, 0.29) is 10.9 Å². The van der Waals surface area contributed by atoms with E-state index in [1.54, 1.807) is 0 Å². The normalized spacial score (nSPS) is 11.2. The first-order valence-electron chi connectivity index (χ1n) is 6.69. The van der Waals surface area contributed by atoms with Crippen molar-refractivity contribution in [3.8, 4) is 0 Å². The molecule has 0 spiro atoms. The zero-order valence-electron chi connectivity index (χ0n) is 12.0. The van der Waals surface area contributed by atoms with Crippen LogP contribution in [0, 0.1) is 11.2 Å². The van der Waals surface area contributed by atoms with Gasteiger partial charge in [-0.2, -0.15) is 0 Å². The molecule has 2 nitrogen and oxygen atoms in total. The van der Waals surface area contributed by atoms with Crippen LogP contribution in [0.15, 0.2) is 48.5 Å². The van der Waals surface area contributed by atoms with Crippen molar-refractivity contribution in [1.82, 2.24) is 0 Å². The van der Waals surface area contributed by atoms with Crippen LogP contribution >= 0.6 is 11.6 Å². The Bertz CT molecular complexity index is 640. The number of carbonyl (C=O) groups excluding carboxylic acids is 1. The van der Waals surface area contributed by atoms with Crippen LogP contribution in [-0.2, 0) is 11.2 Å². The summed E-state index contributed by atoms with van der Waals surface area (Å²) in [6.45, 7) is 3.75. The van der Waals surface area contributed by atoms with Crippen LogP contribution in [0.1, 0.15) is 19.4 Å². The van der Waals surface area contributed by atoms with Crippen LogP contribution in [0.2, 0.25) is 5.02 Å². The number of halogens is 2. The Balaban J connectivity index is 2.09. The van der Waals surface area contributed by atoms with E-state index >= 15 is 0 Å². The number of hydrogen-bond donors (Lipinski definition) is 1. The zero-order chi connectivity index (χ0) is 15.5. The Morgan fingerprint density at radius 1 is 1.19 bits per heavy atom. The molecule has 2 rings (SSSR count). The highest BCUT2D eigenvalue weighted by atomic mass is 35.5. The van der Waals surface area contributed by atoms with Crippen LogP contribution in [0.25, 0.3) is 0 Å². The number of nitrogens with one attached hydrogen (secondary N) is 1. The van der Waals surface area contributed by atoms with Gasteiger partial charge in [-0.1, -0.05) is 55.8 Å². The summed E-state index contributed by atoms with van der Waals surface area (Å²) in [5.41, 5.74) is 1.00. The lowest BCUT2D eigenvalue weighted by atomic mass is 9.84. The van der Waals surface area contributed by atoms with E-state index in [1.165, 1.54) is 18.2 Å². The second-order valence-electron chi connectivity index (χ2n) is 5.63. The molecule has 0 aromatic heterocycles. The molecule has 2 aromatic rings. The Morgan fingerprint density at radius 3 is 2.48 bits per heavy atom. The molecular weight excluding hydrogens is 289 g/mol. The topological polar surface area (TPSA) is 29.1 Å². The number of hydrogen-bond acceptors (Lipinski definition) is 1. The molecule has 0 bridgehead atoms. The van der Waals surface area contributed by atoms with Crippen molar-refractivity contribution in [3.05, 3.63) is 64.9 Å².